The Morgan fingerprint density at radius 3 is 0.908 bits per heavy atom. The van der Waals surface area contributed by atoms with Crippen LogP contribution >= 0.6 is 0 Å². The highest BCUT2D eigenvalue weighted by atomic mass is 16.6. The highest BCUT2D eigenvalue weighted by molar-refractivity contribution is 5.71. The first-order valence-corrected chi connectivity index (χ1v) is 28.1. The molecular weight excluding hydrogens is 805 g/mol. The molecule has 0 aromatic heterocycles. The minimum atomic E-state index is -0.783. The average molecular weight is 911 g/mol. The first kappa shape index (κ1) is 62.4. The van der Waals surface area contributed by atoms with Gasteiger partial charge in [0, 0.05) is 19.3 Å². The molecule has 0 saturated heterocycles. The molecule has 0 spiro atoms. The summed E-state index contributed by atoms with van der Waals surface area (Å²) < 4.78 is 16.8. The molecule has 65 heavy (non-hydrogen) atoms. The Labute approximate surface area is 403 Å². The number of allylic oxidation sites excluding steroid dienone is 8. The van der Waals surface area contributed by atoms with Gasteiger partial charge in [-0.2, -0.15) is 0 Å². The molecule has 0 amide bonds. The Morgan fingerprint density at radius 1 is 0.308 bits per heavy atom. The van der Waals surface area contributed by atoms with Crippen molar-refractivity contribution in [3.8, 4) is 0 Å². The number of ether oxygens (including phenoxy) is 3. The van der Waals surface area contributed by atoms with Gasteiger partial charge in [0.1, 0.15) is 13.2 Å². The zero-order chi connectivity index (χ0) is 47.2. The van der Waals surface area contributed by atoms with E-state index in [0.29, 0.717) is 19.3 Å². The smallest absolute Gasteiger partial charge is 0.306 e. The SMILES string of the molecule is CCCC/C=C/C/C=C/CCCCCCCC(=O)O[C@H](COC(=O)CCCCCCC/C=C/CCCCCCC)COC(=O)CCCCCCCCCCC/C=C/CCCCCCCC. The van der Waals surface area contributed by atoms with Gasteiger partial charge in [-0.15, -0.1) is 0 Å². The summed E-state index contributed by atoms with van der Waals surface area (Å²) in [5.41, 5.74) is 0. The molecule has 0 bridgehead atoms. The van der Waals surface area contributed by atoms with Crippen LogP contribution in [0.4, 0.5) is 0 Å². The van der Waals surface area contributed by atoms with Gasteiger partial charge < -0.3 is 14.2 Å². The summed E-state index contributed by atoms with van der Waals surface area (Å²) in [6.07, 6.45) is 65.2. The average Bonchev–Trinajstić information content (AvgIpc) is 3.30. The Hall–Kier alpha value is -2.63. The second-order valence-corrected chi connectivity index (χ2v) is 18.8. The predicted octanol–water partition coefficient (Wildman–Crippen LogP) is 18.7. The third-order valence-corrected chi connectivity index (χ3v) is 12.3. The summed E-state index contributed by atoms with van der Waals surface area (Å²) in [5, 5.41) is 0. The topological polar surface area (TPSA) is 78.9 Å². The monoisotopic (exact) mass is 911 g/mol. The van der Waals surface area contributed by atoms with E-state index in [4.69, 9.17) is 14.2 Å². The molecule has 0 aliphatic heterocycles. The lowest BCUT2D eigenvalue weighted by molar-refractivity contribution is -0.167. The van der Waals surface area contributed by atoms with Crippen molar-refractivity contribution < 1.29 is 28.6 Å². The second-order valence-electron chi connectivity index (χ2n) is 18.8. The van der Waals surface area contributed by atoms with Gasteiger partial charge in [0.2, 0.25) is 0 Å². The van der Waals surface area contributed by atoms with Crippen LogP contribution in [0.1, 0.15) is 290 Å². The van der Waals surface area contributed by atoms with Crippen molar-refractivity contribution in [2.45, 2.75) is 297 Å². The molecule has 6 heteroatoms. The molecule has 0 aromatic rings. The first-order chi connectivity index (χ1) is 32.0. The van der Waals surface area contributed by atoms with Crippen LogP contribution in [0.2, 0.25) is 0 Å². The van der Waals surface area contributed by atoms with Gasteiger partial charge in [-0.1, -0.05) is 223 Å². The minimum absolute atomic E-state index is 0.0812. The maximum Gasteiger partial charge on any atom is 0.306 e. The molecular formula is C59H106O6. The number of esters is 3. The zero-order valence-corrected chi connectivity index (χ0v) is 43.3. The quantitative estimate of drug-likeness (QED) is 0.0262. The van der Waals surface area contributed by atoms with Crippen molar-refractivity contribution in [1.82, 2.24) is 0 Å². The minimum Gasteiger partial charge on any atom is -0.462 e. The lowest BCUT2D eigenvalue weighted by Gasteiger charge is -2.18. The number of unbranched alkanes of at least 4 members (excludes halogenated alkanes) is 32. The highest BCUT2D eigenvalue weighted by Crippen LogP contribution is 2.15. The Bertz CT molecular complexity index is 1140. The van der Waals surface area contributed by atoms with E-state index >= 15 is 0 Å². The molecule has 6 nitrogen and oxygen atoms in total. The second kappa shape index (κ2) is 54.0. The molecule has 0 fully saturated rings. The van der Waals surface area contributed by atoms with E-state index in [9.17, 15) is 14.4 Å². The first-order valence-electron chi connectivity index (χ1n) is 28.1. The van der Waals surface area contributed by atoms with Crippen LogP contribution in [-0.2, 0) is 28.6 Å². The van der Waals surface area contributed by atoms with Crippen LogP contribution in [0.5, 0.6) is 0 Å². The molecule has 0 aliphatic carbocycles. The van der Waals surface area contributed by atoms with Crippen LogP contribution in [0.3, 0.4) is 0 Å². The predicted molar refractivity (Wildman–Crippen MR) is 279 cm³/mol. The molecule has 0 radical (unpaired) electrons. The molecule has 0 unspecified atom stereocenters. The third-order valence-electron chi connectivity index (χ3n) is 12.3. The summed E-state index contributed by atoms with van der Waals surface area (Å²) in [7, 11) is 0. The van der Waals surface area contributed by atoms with E-state index in [-0.39, 0.29) is 31.1 Å². The normalized spacial score (nSPS) is 12.4. The molecule has 0 rings (SSSR count). The van der Waals surface area contributed by atoms with Crippen LogP contribution in [0, 0.1) is 0 Å². The summed E-state index contributed by atoms with van der Waals surface area (Å²) in [4.78, 5) is 38.1. The largest absolute Gasteiger partial charge is 0.462 e. The van der Waals surface area contributed by atoms with Crippen LogP contribution < -0.4 is 0 Å². The Morgan fingerprint density at radius 2 is 0.569 bits per heavy atom. The fourth-order valence-electron chi connectivity index (χ4n) is 7.98. The molecule has 0 aromatic carbocycles. The van der Waals surface area contributed by atoms with E-state index in [1.54, 1.807) is 0 Å². The van der Waals surface area contributed by atoms with Crippen molar-refractivity contribution >= 4 is 17.9 Å². The molecule has 1 atom stereocenters. The van der Waals surface area contributed by atoms with Gasteiger partial charge in [-0.3, -0.25) is 14.4 Å². The van der Waals surface area contributed by atoms with E-state index in [1.807, 2.05) is 0 Å². The number of carbonyl (C=O) groups excluding carboxylic acids is 3. The highest BCUT2D eigenvalue weighted by Gasteiger charge is 2.19. The van der Waals surface area contributed by atoms with Crippen LogP contribution in [-0.4, -0.2) is 37.2 Å². The van der Waals surface area contributed by atoms with Gasteiger partial charge >= 0.3 is 17.9 Å². The van der Waals surface area contributed by atoms with Gasteiger partial charge in [-0.25, -0.2) is 0 Å². The van der Waals surface area contributed by atoms with Crippen molar-refractivity contribution in [1.29, 1.82) is 0 Å². The summed E-state index contributed by atoms with van der Waals surface area (Å²) in [6, 6.07) is 0. The maximum atomic E-state index is 12.8. The third kappa shape index (κ3) is 52.2. The van der Waals surface area contributed by atoms with Crippen molar-refractivity contribution in [2.24, 2.45) is 0 Å². The molecule has 0 saturated carbocycles. The standard InChI is InChI=1S/C59H106O6/c1-4-7-10-13-16-19-22-25-28-29-30-31-32-35-37-40-43-46-49-52-58(61)64-55-56(65-59(62)53-50-47-44-41-38-34-27-24-21-18-15-12-9-6-3)54-63-57(60)51-48-45-42-39-36-33-26-23-20-17-14-11-8-5-2/h15,18,23-28,56H,4-14,16-17,19-22,29-55H2,1-3H3/b18-15+,26-23+,27-24+,28-25+/t56-/m1/s1. The van der Waals surface area contributed by atoms with E-state index in [2.05, 4.69) is 69.4 Å². The number of carbonyl (C=O) groups is 3. The molecule has 378 valence electrons. The number of rotatable bonds is 51. The lowest BCUT2D eigenvalue weighted by Crippen LogP contribution is -2.30. The van der Waals surface area contributed by atoms with Gasteiger partial charge in [0.25, 0.3) is 0 Å². The number of hydrogen-bond donors (Lipinski definition) is 0. The summed E-state index contributed by atoms with van der Waals surface area (Å²) >= 11 is 0. The van der Waals surface area contributed by atoms with Gasteiger partial charge in [-0.05, 0) is 96.3 Å². The molecule has 0 aliphatic rings. The molecule has 0 N–H and O–H groups in total. The molecule has 0 heterocycles. The van der Waals surface area contributed by atoms with E-state index in [1.165, 1.54) is 161 Å². The summed E-state index contributed by atoms with van der Waals surface area (Å²) in [6.45, 7) is 6.59. The van der Waals surface area contributed by atoms with Crippen molar-refractivity contribution in [3.63, 3.8) is 0 Å². The Balaban J connectivity index is 4.36. The fraction of sp³-hybridized carbons (Fsp3) is 0.814. The fourth-order valence-corrected chi connectivity index (χ4v) is 7.98. The van der Waals surface area contributed by atoms with Gasteiger partial charge in [0.15, 0.2) is 6.10 Å². The summed E-state index contributed by atoms with van der Waals surface area (Å²) in [5.74, 6) is -0.896. The Kier molecular flexibility index (Phi) is 51.8. The van der Waals surface area contributed by atoms with E-state index in [0.717, 1.165) is 89.9 Å². The van der Waals surface area contributed by atoms with Crippen molar-refractivity contribution in [2.75, 3.05) is 13.2 Å². The zero-order valence-electron chi connectivity index (χ0n) is 43.3. The lowest BCUT2D eigenvalue weighted by atomic mass is 10.1. The van der Waals surface area contributed by atoms with Crippen LogP contribution in [0.25, 0.3) is 0 Å². The van der Waals surface area contributed by atoms with Crippen LogP contribution in [0.15, 0.2) is 48.6 Å². The van der Waals surface area contributed by atoms with E-state index < -0.39 is 6.10 Å². The maximum absolute atomic E-state index is 12.8. The number of hydrogen-bond acceptors (Lipinski definition) is 6. The van der Waals surface area contributed by atoms with Crippen molar-refractivity contribution in [3.05, 3.63) is 48.6 Å². The van der Waals surface area contributed by atoms with Gasteiger partial charge in [0.05, 0.1) is 0 Å².